The number of rotatable bonds is 4. The molecule has 2 aromatic rings. The third-order valence-electron chi connectivity index (χ3n) is 2.46. The van der Waals surface area contributed by atoms with E-state index in [1.165, 1.54) is 6.07 Å². The number of halogens is 2. The van der Waals surface area contributed by atoms with Crippen molar-refractivity contribution >= 4 is 29.2 Å². The zero-order valence-corrected chi connectivity index (χ0v) is 11.3. The average Bonchev–Trinajstić information content (AvgIpc) is 2.37. The summed E-state index contributed by atoms with van der Waals surface area (Å²) in [6, 6.07) is 11.8. The molecule has 0 saturated carbocycles. The van der Waals surface area contributed by atoms with Crippen molar-refractivity contribution in [2.75, 3.05) is 0 Å². The summed E-state index contributed by atoms with van der Waals surface area (Å²) in [5.41, 5.74) is 0.788. The van der Waals surface area contributed by atoms with E-state index in [0.29, 0.717) is 10.8 Å². The Kier molecular flexibility index (Phi) is 4.30. The van der Waals surface area contributed by atoms with E-state index in [4.69, 9.17) is 33.0 Å². The molecular formula is C14H10Cl2O3. The summed E-state index contributed by atoms with van der Waals surface area (Å²) in [5, 5.41) is 9.76. The number of carboxylic acid groups (broad SMARTS) is 1. The molecule has 19 heavy (non-hydrogen) atoms. The fraction of sp³-hybridized carbons (Fsp3) is 0.0714. The number of hydrogen-bond donors (Lipinski definition) is 1. The van der Waals surface area contributed by atoms with Crippen LogP contribution in [0, 0.1) is 0 Å². The quantitative estimate of drug-likeness (QED) is 0.916. The number of aromatic carboxylic acids is 1. The monoisotopic (exact) mass is 296 g/mol. The standard InChI is InChI=1S/C14H10Cl2O3/c15-10-2-1-3-11(7-10)19-8-9-4-5-13(16)12(6-9)14(17)18/h1-7H,8H2,(H,17,18). The molecule has 2 rings (SSSR count). The highest BCUT2D eigenvalue weighted by atomic mass is 35.5. The zero-order valence-electron chi connectivity index (χ0n) is 9.77. The molecule has 0 spiro atoms. The first-order valence-corrected chi connectivity index (χ1v) is 6.22. The van der Waals surface area contributed by atoms with Crippen LogP contribution in [-0.4, -0.2) is 11.1 Å². The second-order valence-corrected chi connectivity index (χ2v) is 4.71. The third-order valence-corrected chi connectivity index (χ3v) is 3.03. The first-order chi connectivity index (χ1) is 9.06. The summed E-state index contributed by atoms with van der Waals surface area (Å²) in [5.74, 6) is -0.436. The molecule has 0 bridgehead atoms. The van der Waals surface area contributed by atoms with E-state index in [2.05, 4.69) is 0 Å². The van der Waals surface area contributed by atoms with Gasteiger partial charge in [-0.25, -0.2) is 4.79 Å². The minimum atomic E-state index is -1.06. The highest BCUT2D eigenvalue weighted by Gasteiger charge is 2.09. The van der Waals surface area contributed by atoms with E-state index in [1.807, 2.05) is 0 Å². The van der Waals surface area contributed by atoms with Crippen molar-refractivity contribution in [2.24, 2.45) is 0 Å². The maximum absolute atomic E-state index is 11.0. The first kappa shape index (κ1) is 13.7. The predicted molar refractivity (Wildman–Crippen MR) is 74.2 cm³/mol. The summed E-state index contributed by atoms with van der Waals surface area (Å²) >= 11 is 11.6. The van der Waals surface area contributed by atoms with Gasteiger partial charge in [0, 0.05) is 5.02 Å². The Morgan fingerprint density at radius 3 is 2.63 bits per heavy atom. The van der Waals surface area contributed by atoms with E-state index < -0.39 is 5.97 Å². The number of hydrogen-bond acceptors (Lipinski definition) is 2. The summed E-state index contributed by atoms with van der Waals surface area (Å²) in [6.07, 6.45) is 0. The summed E-state index contributed by atoms with van der Waals surface area (Å²) in [4.78, 5) is 11.0. The van der Waals surface area contributed by atoms with E-state index in [-0.39, 0.29) is 17.2 Å². The minimum Gasteiger partial charge on any atom is -0.489 e. The highest BCUT2D eigenvalue weighted by molar-refractivity contribution is 6.33. The lowest BCUT2D eigenvalue weighted by atomic mass is 10.1. The second kappa shape index (κ2) is 5.95. The molecule has 0 saturated heterocycles. The molecule has 0 aliphatic rings. The van der Waals surface area contributed by atoms with Crippen LogP contribution in [0.3, 0.4) is 0 Å². The average molecular weight is 297 g/mol. The van der Waals surface area contributed by atoms with Crippen LogP contribution in [0.15, 0.2) is 42.5 Å². The van der Waals surface area contributed by atoms with E-state index in [0.717, 1.165) is 5.56 Å². The van der Waals surface area contributed by atoms with E-state index in [9.17, 15) is 4.79 Å². The molecule has 0 atom stereocenters. The molecule has 0 aromatic heterocycles. The van der Waals surface area contributed by atoms with Crippen LogP contribution in [-0.2, 0) is 6.61 Å². The molecule has 0 amide bonds. The lowest BCUT2D eigenvalue weighted by molar-refractivity contribution is 0.0697. The van der Waals surface area contributed by atoms with Crippen molar-refractivity contribution in [1.29, 1.82) is 0 Å². The number of carboxylic acids is 1. The van der Waals surface area contributed by atoms with Gasteiger partial charge in [-0.05, 0) is 35.9 Å². The molecule has 2 aromatic carbocycles. The van der Waals surface area contributed by atoms with E-state index in [1.54, 1.807) is 36.4 Å². The van der Waals surface area contributed by atoms with Crippen LogP contribution in [0.25, 0.3) is 0 Å². The Morgan fingerprint density at radius 2 is 1.95 bits per heavy atom. The van der Waals surface area contributed by atoms with Crippen LogP contribution in [0.1, 0.15) is 15.9 Å². The molecule has 98 valence electrons. The maximum atomic E-state index is 11.0. The van der Waals surface area contributed by atoms with Crippen molar-refractivity contribution in [3.8, 4) is 5.75 Å². The Bertz CT molecular complexity index is 611. The molecule has 0 unspecified atom stereocenters. The number of carbonyl (C=O) groups is 1. The van der Waals surface area contributed by atoms with Crippen LogP contribution in [0.5, 0.6) is 5.75 Å². The topological polar surface area (TPSA) is 46.5 Å². The molecule has 0 radical (unpaired) electrons. The van der Waals surface area contributed by atoms with Gasteiger partial charge in [-0.15, -0.1) is 0 Å². The first-order valence-electron chi connectivity index (χ1n) is 5.46. The van der Waals surface area contributed by atoms with Gasteiger partial charge in [0.05, 0.1) is 10.6 Å². The van der Waals surface area contributed by atoms with Gasteiger partial charge in [0.15, 0.2) is 0 Å². The van der Waals surface area contributed by atoms with E-state index >= 15 is 0 Å². The van der Waals surface area contributed by atoms with Gasteiger partial charge in [-0.3, -0.25) is 0 Å². The van der Waals surface area contributed by atoms with Gasteiger partial charge in [-0.1, -0.05) is 35.3 Å². The summed E-state index contributed by atoms with van der Waals surface area (Å²) in [6.45, 7) is 0.248. The van der Waals surface area contributed by atoms with Crippen molar-refractivity contribution in [1.82, 2.24) is 0 Å². The van der Waals surface area contributed by atoms with Gasteiger partial charge < -0.3 is 9.84 Å². The lowest BCUT2D eigenvalue weighted by Gasteiger charge is -2.08. The fourth-order valence-corrected chi connectivity index (χ4v) is 1.93. The smallest absolute Gasteiger partial charge is 0.337 e. The van der Waals surface area contributed by atoms with Gasteiger partial charge in [0.25, 0.3) is 0 Å². The van der Waals surface area contributed by atoms with Crippen LogP contribution < -0.4 is 4.74 Å². The fourth-order valence-electron chi connectivity index (χ4n) is 1.55. The molecular weight excluding hydrogens is 287 g/mol. The van der Waals surface area contributed by atoms with Crippen LogP contribution in [0.2, 0.25) is 10.0 Å². The third kappa shape index (κ3) is 3.63. The largest absolute Gasteiger partial charge is 0.489 e. The van der Waals surface area contributed by atoms with Crippen LogP contribution in [0.4, 0.5) is 0 Å². The van der Waals surface area contributed by atoms with Gasteiger partial charge in [0.2, 0.25) is 0 Å². The Balaban J connectivity index is 2.12. The predicted octanol–water partition coefficient (Wildman–Crippen LogP) is 4.27. The summed E-state index contributed by atoms with van der Waals surface area (Å²) in [7, 11) is 0. The number of ether oxygens (including phenoxy) is 1. The van der Waals surface area contributed by atoms with Crippen molar-refractivity contribution in [2.45, 2.75) is 6.61 Å². The molecule has 3 nitrogen and oxygen atoms in total. The molecule has 0 aliphatic carbocycles. The van der Waals surface area contributed by atoms with Crippen molar-refractivity contribution < 1.29 is 14.6 Å². The maximum Gasteiger partial charge on any atom is 0.337 e. The van der Waals surface area contributed by atoms with Crippen LogP contribution >= 0.6 is 23.2 Å². The summed E-state index contributed by atoms with van der Waals surface area (Å²) < 4.78 is 5.53. The number of benzene rings is 2. The molecule has 5 heteroatoms. The molecule has 1 N–H and O–H groups in total. The molecule has 0 aliphatic heterocycles. The SMILES string of the molecule is O=C(O)c1cc(COc2cccc(Cl)c2)ccc1Cl. The Hall–Kier alpha value is -1.71. The normalized spacial score (nSPS) is 10.2. The van der Waals surface area contributed by atoms with Crippen molar-refractivity contribution in [3.05, 3.63) is 63.6 Å². The Labute approximate surface area is 120 Å². The highest BCUT2D eigenvalue weighted by Crippen LogP contribution is 2.21. The molecule has 0 heterocycles. The zero-order chi connectivity index (χ0) is 13.8. The second-order valence-electron chi connectivity index (χ2n) is 3.87. The van der Waals surface area contributed by atoms with Gasteiger partial charge in [-0.2, -0.15) is 0 Å². The molecule has 0 fully saturated rings. The lowest BCUT2D eigenvalue weighted by Crippen LogP contribution is -2.01. The van der Waals surface area contributed by atoms with Gasteiger partial charge in [0.1, 0.15) is 12.4 Å². The van der Waals surface area contributed by atoms with Gasteiger partial charge >= 0.3 is 5.97 Å². The minimum absolute atomic E-state index is 0.0638. The Morgan fingerprint density at radius 1 is 1.16 bits per heavy atom. The van der Waals surface area contributed by atoms with Crippen molar-refractivity contribution in [3.63, 3.8) is 0 Å².